The average molecular weight is 275 g/mol. The summed E-state index contributed by atoms with van der Waals surface area (Å²) < 4.78 is 1.70. The third-order valence-corrected chi connectivity index (χ3v) is 4.26. The van der Waals surface area contributed by atoms with E-state index in [1.165, 1.54) is 0 Å². The molecule has 0 spiro atoms. The molecule has 0 aromatic carbocycles. The van der Waals surface area contributed by atoms with Crippen LogP contribution < -0.4 is 0 Å². The molecule has 0 saturated heterocycles. The van der Waals surface area contributed by atoms with E-state index in [1.54, 1.807) is 16.4 Å². The molecule has 1 aromatic heterocycles. The Kier molecular flexibility index (Phi) is 5.53. The molecule has 0 saturated carbocycles. The Morgan fingerprint density at radius 1 is 1.53 bits per heavy atom. The second-order valence-electron chi connectivity index (χ2n) is 4.59. The molecule has 0 atom stereocenters. The summed E-state index contributed by atoms with van der Waals surface area (Å²) in [4.78, 5) is 11.8. The highest BCUT2D eigenvalue weighted by Gasteiger charge is 2.14. The van der Waals surface area contributed by atoms with Gasteiger partial charge in [-0.3, -0.25) is 9.48 Å². The summed E-state index contributed by atoms with van der Waals surface area (Å²) in [6, 6.07) is 0. The maximum atomic E-state index is 11.8. The van der Waals surface area contributed by atoms with Gasteiger partial charge < -0.3 is 0 Å². The van der Waals surface area contributed by atoms with E-state index < -0.39 is 0 Å². The maximum absolute atomic E-state index is 11.8. The standard InChI is InChI=1S/C12H19ClN2OS/c1-8(2)6-17-7-10(16)5-11-12(13)9(3)14-15(11)4/h8H,5-7H2,1-4H3. The Labute approximate surface area is 112 Å². The number of ketones is 1. The van der Waals surface area contributed by atoms with Crippen molar-refractivity contribution in [2.24, 2.45) is 13.0 Å². The topological polar surface area (TPSA) is 34.9 Å². The van der Waals surface area contributed by atoms with E-state index in [9.17, 15) is 4.79 Å². The summed E-state index contributed by atoms with van der Waals surface area (Å²) in [6.45, 7) is 6.15. The number of nitrogens with zero attached hydrogens (tertiary/aromatic N) is 2. The van der Waals surface area contributed by atoms with Crippen molar-refractivity contribution < 1.29 is 4.79 Å². The predicted octanol–water partition coefficient (Wildman–Crippen LogP) is 2.88. The fraction of sp³-hybridized carbons (Fsp3) is 0.667. The zero-order chi connectivity index (χ0) is 13.0. The number of halogens is 1. The van der Waals surface area contributed by atoms with E-state index in [0.29, 0.717) is 23.1 Å². The van der Waals surface area contributed by atoms with Crippen LogP contribution in [0.25, 0.3) is 0 Å². The monoisotopic (exact) mass is 274 g/mol. The third-order valence-electron chi connectivity index (χ3n) is 2.34. The van der Waals surface area contributed by atoms with Crippen molar-refractivity contribution in [3.63, 3.8) is 0 Å². The molecule has 0 unspecified atom stereocenters. The second kappa shape index (κ2) is 6.45. The lowest BCUT2D eigenvalue weighted by atomic mass is 10.2. The fourth-order valence-corrected chi connectivity index (χ4v) is 2.66. The molecule has 0 aliphatic heterocycles. The van der Waals surface area contributed by atoms with E-state index in [0.717, 1.165) is 17.1 Å². The summed E-state index contributed by atoms with van der Waals surface area (Å²) in [5.74, 6) is 2.40. The van der Waals surface area contributed by atoms with Crippen molar-refractivity contribution in [1.29, 1.82) is 0 Å². The molecular weight excluding hydrogens is 256 g/mol. The van der Waals surface area contributed by atoms with Crippen LogP contribution >= 0.6 is 23.4 Å². The maximum Gasteiger partial charge on any atom is 0.148 e. The molecule has 17 heavy (non-hydrogen) atoms. The van der Waals surface area contributed by atoms with Gasteiger partial charge in [0.15, 0.2) is 0 Å². The van der Waals surface area contributed by atoms with E-state index in [4.69, 9.17) is 11.6 Å². The van der Waals surface area contributed by atoms with Gasteiger partial charge in [-0.25, -0.2) is 0 Å². The molecular formula is C12H19ClN2OS. The Morgan fingerprint density at radius 3 is 2.65 bits per heavy atom. The minimum atomic E-state index is 0.209. The highest BCUT2D eigenvalue weighted by molar-refractivity contribution is 7.99. The molecule has 0 bridgehead atoms. The number of hydrogen-bond acceptors (Lipinski definition) is 3. The smallest absolute Gasteiger partial charge is 0.148 e. The van der Waals surface area contributed by atoms with Crippen LogP contribution in [0, 0.1) is 12.8 Å². The second-order valence-corrected chi connectivity index (χ2v) is 6.00. The molecule has 0 N–H and O–H groups in total. The van der Waals surface area contributed by atoms with Gasteiger partial charge in [0.25, 0.3) is 0 Å². The first kappa shape index (κ1) is 14.6. The van der Waals surface area contributed by atoms with Gasteiger partial charge >= 0.3 is 0 Å². The summed E-state index contributed by atoms with van der Waals surface area (Å²) >= 11 is 7.79. The first-order chi connectivity index (χ1) is 7.91. The Balaban J connectivity index is 2.51. The molecule has 0 amide bonds. The SMILES string of the molecule is Cc1nn(C)c(CC(=O)CSCC(C)C)c1Cl. The zero-order valence-corrected chi connectivity index (χ0v) is 12.4. The van der Waals surface area contributed by atoms with Crippen molar-refractivity contribution in [3.05, 3.63) is 16.4 Å². The lowest BCUT2D eigenvalue weighted by molar-refractivity contribution is -0.116. The number of Topliss-reactive ketones (excluding diaryl/α,β-unsaturated/α-hetero) is 1. The molecule has 0 aliphatic carbocycles. The Morgan fingerprint density at radius 2 is 2.18 bits per heavy atom. The normalized spacial score (nSPS) is 11.2. The van der Waals surface area contributed by atoms with Crippen molar-refractivity contribution in [1.82, 2.24) is 9.78 Å². The average Bonchev–Trinajstić information content (AvgIpc) is 2.44. The molecule has 0 aliphatic rings. The van der Waals surface area contributed by atoms with Gasteiger partial charge in [-0.15, -0.1) is 0 Å². The zero-order valence-electron chi connectivity index (χ0n) is 10.8. The van der Waals surface area contributed by atoms with Gasteiger partial charge in [-0.1, -0.05) is 25.4 Å². The first-order valence-electron chi connectivity index (χ1n) is 5.69. The number of rotatable bonds is 6. The predicted molar refractivity (Wildman–Crippen MR) is 73.8 cm³/mol. The van der Waals surface area contributed by atoms with Crippen molar-refractivity contribution >= 4 is 29.1 Å². The minimum absolute atomic E-state index is 0.209. The van der Waals surface area contributed by atoms with Crippen LogP contribution in [0.4, 0.5) is 0 Å². The number of thioether (sulfide) groups is 1. The molecule has 96 valence electrons. The van der Waals surface area contributed by atoms with E-state index in [-0.39, 0.29) is 5.78 Å². The molecule has 1 aromatic rings. The van der Waals surface area contributed by atoms with Crippen LogP contribution in [0.2, 0.25) is 5.02 Å². The number of carbonyl (C=O) groups is 1. The van der Waals surface area contributed by atoms with Crippen molar-refractivity contribution in [2.75, 3.05) is 11.5 Å². The number of carbonyl (C=O) groups excluding carboxylic acids is 1. The molecule has 3 nitrogen and oxygen atoms in total. The summed E-state index contributed by atoms with van der Waals surface area (Å²) in [5, 5.41) is 4.82. The molecule has 1 rings (SSSR count). The van der Waals surface area contributed by atoms with Crippen LogP contribution in [0.5, 0.6) is 0 Å². The van der Waals surface area contributed by atoms with Gasteiger partial charge in [-0.05, 0) is 18.6 Å². The van der Waals surface area contributed by atoms with Gasteiger partial charge in [-0.2, -0.15) is 16.9 Å². The molecule has 5 heteroatoms. The van der Waals surface area contributed by atoms with Gasteiger partial charge in [0.1, 0.15) is 5.78 Å². The Bertz CT molecular complexity index is 401. The van der Waals surface area contributed by atoms with Crippen LogP contribution in [0.15, 0.2) is 0 Å². The van der Waals surface area contributed by atoms with Crippen LogP contribution in [0.1, 0.15) is 25.2 Å². The molecule has 0 radical (unpaired) electrons. The molecule has 1 heterocycles. The van der Waals surface area contributed by atoms with Crippen LogP contribution in [-0.4, -0.2) is 27.1 Å². The lowest BCUT2D eigenvalue weighted by Crippen LogP contribution is -2.11. The van der Waals surface area contributed by atoms with Crippen LogP contribution in [-0.2, 0) is 18.3 Å². The molecule has 0 fully saturated rings. The number of aryl methyl sites for hydroxylation is 2. The van der Waals surface area contributed by atoms with Gasteiger partial charge in [0.05, 0.1) is 28.6 Å². The van der Waals surface area contributed by atoms with Crippen molar-refractivity contribution in [3.8, 4) is 0 Å². The largest absolute Gasteiger partial charge is 0.298 e. The summed E-state index contributed by atoms with van der Waals surface area (Å²) in [7, 11) is 1.82. The van der Waals surface area contributed by atoms with Crippen LogP contribution in [0.3, 0.4) is 0 Å². The van der Waals surface area contributed by atoms with E-state index in [1.807, 2.05) is 14.0 Å². The lowest BCUT2D eigenvalue weighted by Gasteiger charge is -2.04. The van der Waals surface area contributed by atoms with Gasteiger partial charge in [0, 0.05) is 7.05 Å². The van der Waals surface area contributed by atoms with Gasteiger partial charge in [0.2, 0.25) is 0 Å². The highest BCUT2D eigenvalue weighted by Crippen LogP contribution is 2.20. The number of aromatic nitrogens is 2. The quantitative estimate of drug-likeness (QED) is 0.800. The van der Waals surface area contributed by atoms with Crippen molar-refractivity contribution in [2.45, 2.75) is 27.2 Å². The summed E-state index contributed by atoms with van der Waals surface area (Å²) in [5.41, 5.74) is 1.60. The highest BCUT2D eigenvalue weighted by atomic mass is 35.5. The summed E-state index contributed by atoms with van der Waals surface area (Å²) in [6.07, 6.45) is 0.376. The Hall–Kier alpha value is -0.480. The van der Waals surface area contributed by atoms with E-state index >= 15 is 0 Å². The minimum Gasteiger partial charge on any atom is -0.298 e. The fourth-order valence-electron chi connectivity index (χ4n) is 1.52. The number of hydrogen-bond donors (Lipinski definition) is 0. The third kappa shape index (κ3) is 4.36. The van der Waals surface area contributed by atoms with E-state index in [2.05, 4.69) is 18.9 Å². The first-order valence-corrected chi connectivity index (χ1v) is 7.22.